The largest absolute Gasteiger partial charge is 0.460 e. The standard InChI is InChI=1S/C36H46ClN3O8S/c1-34(2,3)47-31(42)17-24-10-7-5-4-6-8-12-25-18-36(25,33(44)39-49(45,46)27-14-15-27)21-30(41)29-20-35(22-40(29)32(24)43)19-28(38-48-35)23-11-9-13-26(37)16-23/h8-9,11-13,16,24-25,27,29H,4-7,10,14-15,17-22H2,1-3H3,(H,39,44)/b12-8-/t24-,25-,29+,35-,36-/m1/s1. The van der Waals surface area contributed by atoms with Crippen LogP contribution in [0.5, 0.6) is 0 Å². The Morgan fingerprint density at radius 1 is 1.10 bits per heavy atom. The number of hydrogen-bond donors (Lipinski definition) is 1. The lowest BCUT2D eigenvalue weighted by Crippen LogP contribution is -2.47. The molecule has 11 nitrogen and oxygen atoms in total. The lowest BCUT2D eigenvalue weighted by atomic mass is 9.87. The second kappa shape index (κ2) is 13.5. The van der Waals surface area contributed by atoms with Gasteiger partial charge in [0.05, 0.1) is 35.4 Å². The molecule has 2 aliphatic carbocycles. The highest BCUT2D eigenvalue weighted by atomic mass is 35.5. The number of esters is 1. The van der Waals surface area contributed by atoms with Crippen molar-refractivity contribution < 1.29 is 37.2 Å². The predicted molar refractivity (Wildman–Crippen MR) is 183 cm³/mol. The molecule has 0 aromatic heterocycles. The van der Waals surface area contributed by atoms with E-state index in [-0.39, 0.29) is 43.4 Å². The minimum Gasteiger partial charge on any atom is -0.460 e. The quantitative estimate of drug-likeness (QED) is 0.310. The number of nitrogens with one attached hydrogen (secondary N) is 1. The summed E-state index contributed by atoms with van der Waals surface area (Å²) in [5, 5.41) is 4.32. The molecule has 2 amide bonds. The maximum atomic E-state index is 14.5. The fourth-order valence-corrected chi connectivity index (χ4v) is 9.05. The smallest absolute Gasteiger partial charge is 0.307 e. The number of fused-ring (bicyclic) bond motifs is 2. The first-order valence-corrected chi connectivity index (χ1v) is 19.3. The van der Waals surface area contributed by atoms with Crippen LogP contribution < -0.4 is 4.72 Å². The van der Waals surface area contributed by atoms with E-state index in [1.165, 1.54) is 4.90 Å². The number of ether oxygens (including phenoxy) is 1. The molecule has 0 radical (unpaired) electrons. The van der Waals surface area contributed by atoms with Crippen LogP contribution in [0.1, 0.15) is 103 Å². The van der Waals surface area contributed by atoms with E-state index in [0.29, 0.717) is 49.3 Å². The number of Topliss-reactive ketones (excluding diaryl/α,β-unsaturated/α-hetero) is 1. The average Bonchev–Trinajstić information content (AvgIpc) is 3.92. The third kappa shape index (κ3) is 8.06. The molecule has 2 saturated carbocycles. The predicted octanol–water partition coefficient (Wildman–Crippen LogP) is 5.25. The molecule has 3 heterocycles. The van der Waals surface area contributed by atoms with E-state index in [4.69, 9.17) is 21.2 Å². The van der Waals surface area contributed by atoms with E-state index in [1.54, 1.807) is 32.9 Å². The number of rotatable bonds is 6. The molecule has 3 aliphatic heterocycles. The first-order valence-electron chi connectivity index (χ1n) is 17.4. The van der Waals surface area contributed by atoms with Gasteiger partial charge in [0.2, 0.25) is 21.8 Å². The van der Waals surface area contributed by atoms with Crippen molar-refractivity contribution in [3.63, 3.8) is 0 Å². The Morgan fingerprint density at radius 2 is 1.88 bits per heavy atom. The normalized spacial score (nSPS) is 31.5. The minimum atomic E-state index is -3.83. The molecule has 0 unspecified atom stereocenters. The molecule has 1 spiro atoms. The highest BCUT2D eigenvalue weighted by Gasteiger charge is 2.63. The van der Waals surface area contributed by atoms with Crippen molar-refractivity contribution in [2.45, 2.75) is 120 Å². The van der Waals surface area contributed by atoms with Crippen LogP contribution in [0.2, 0.25) is 5.02 Å². The summed E-state index contributed by atoms with van der Waals surface area (Å²) >= 11 is 6.25. The van der Waals surface area contributed by atoms with Crippen LogP contribution in [0.15, 0.2) is 41.6 Å². The van der Waals surface area contributed by atoms with Gasteiger partial charge in [-0.3, -0.25) is 23.9 Å². The zero-order valence-corrected chi connectivity index (χ0v) is 30.0. The molecule has 49 heavy (non-hydrogen) atoms. The molecule has 266 valence electrons. The molecule has 13 heteroatoms. The Morgan fingerprint density at radius 3 is 2.59 bits per heavy atom. The van der Waals surface area contributed by atoms with Gasteiger partial charge in [0, 0.05) is 35.8 Å². The first-order chi connectivity index (χ1) is 23.1. The van der Waals surface area contributed by atoms with Crippen LogP contribution in [0.4, 0.5) is 0 Å². The van der Waals surface area contributed by atoms with Crippen LogP contribution in [0.3, 0.4) is 0 Å². The summed E-state index contributed by atoms with van der Waals surface area (Å²) in [5.74, 6) is -2.84. The van der Waals surface area contributed by atoms with E-state index < -0.39 is 55.7 Å². The van der Waals surface area contributed by atoms with E-state index in [0.717, 1.165) is 24.8 Å². The van der Waals surface area contributed by atoms with Crippen molar-refractivity contribution in [2.24, 2.45) is 22.4 Å². The van der Waals surface area contributed by atoms with Gasteiger partial charge in [-0.2, -0.15) is 0 Å². The summed E-state index contributed by atoms with van der Waals surface area (Å²) in [4.78, 5) is 63.3. The summed E-state index contributed by atoms with van der Waals surface area (Å²) in [6.07, 6.45) is 8.97. The Balaban J connectivity index is 1.30. The summed E-state index contributed by atoms with van der Waals surface area (Å²) in [6.45, 7) is 5.39. The number of benzene rings is 1. The van der Waals surface area contributed by atoms with Crippen molar-refractivity contribution in [1.29, 1.82) is 0 Å². The zero-order chi connectivity index (χ0) is 35.2. The molecule has 1 N–H and O–H groups in total. The van der Waals surface area contributed by atoms with Gasteiger partial charge in [0.1, 0.15) is 5.60 Å². The van der Waals surface area contributed by atoms with Gasteiger partial charge >= 0.3 is 5.97 Å². The number of halogens is 1. The summed E-state index contributed by atoms with van der Waals surface area (Å²) in [5.41, 5.74) is -1.53. The van der Waals surface area contributed by atoms with E-state index in [9.17, 15) is 27.6 Å². The van der Waals surface area contributed by atoms with Crippen LogP contribution in [-0.2, 0) is 38.8 Å². The Labute approximate surface area is 293 Å². The van der Waals surface area contributed by atoms with Gasteiger partial charge in [-0.25, -0.2) is 8.42 Å². The summed E-state index contributed by atoms with van der Waals surface area (Å²) < 4.78 is 33.5. The fourth-order valence-electron chi connectivity index (χ4n) is 7.48. The SMILES string of the molecule is CC(C)(C)OC(=O)C[C@H]1CCCCC/C=C\[C@@H]2C[C@@]2(C(=O)NS(=O)(=O)C2CC2)CC(=O)[C@@H]2C[C@]3(CC(c4cccc(Cl)c4)=NO3)CN2C1=O. The second-order valence-corrected chi connectivity index (χ2v) is 17.9. The number of ketones is 1. The van der Waals surface area contributed by atoms with Gasteiger partial charge in [0.25, 0.3) is 0 Å². The molecular formula is C36H46ClN3O8S. The monoisotopic (exact) mass is 715 g/mol. The molecule has 3 fully saturated rings. The fraction of sp³-hybridized carbons (Fsp3) is 0.639. The highest BCUT2D eigenvalue weighted by Crippen LogP contribution is 2.57. The Hall–Kier alpha value is -3.25. The van der Waals surface area contributed by atoms with Gasteiger partial charge in [-0.05, 0) is 77.3 Å². The van der Waals surface area contributed by atoms with E-state index >= 15 is 0 Å². The van der Waals surface area contributed by atoms with Crippen molar-refractivity contribution in [3.8, 4) is 0 Å². The van der Waals surface area contributed by atoms with Gasteiger partial charge in [-0.15, -0.1) is 0 Å². The molecule has 6 rings (SSSR count). The van der Waals surface area contributed by atoms with Crippen LogP contribution >= 0.6 is 11.6 Å². The number of hydrogen-bond acceptors (Lipinski definition) is 9. The molecule has 1 aromatic rings. The molecule has 0 bridgehead atoms. The van der Waals surface area contributed by atoms with Crippen LogP contribution in [0.25, 0.3) is 0 Å². The summed E-state index contributed by atoms with van der Waals surface area (Å²) in [7, 11) is -3.83. The van der Waals surface area contributed by atoms with Crippen molar-refractivity contribution in [1.82, 2.24) is 9.62 Å². The Kier molecular flexibility index (Phi) is 9.78. The number of nitrogens with zero attached hydrogens (tertiary/aromatic N) is 2. The van der Waals surface area contributed by atoms with Gasteiger partial charge in [-0.1, -0.05) is 53.9 Å². The first kappa shape index (κ1) is 35.6. The average molecular weight is 716 g/mol. The van der Waals surface area contributed by atoms with Gasteiger partial charge in [0.15, 0.2) is 11.4 Å². The lowest BCUT2D eigenvalue weighted by Gasteiger charge is -2.29. The van der Waals surface area contributed by atoms with E-state index in [2.05, 4.69) is 9.88 Å². The van der Waals surface area contributed by atoms with Crippen molar-refractivity contribution >= 4 is 50.9 Å². The topological polar surface area (TPSA) is 149 Å². The molecular weight excluding hydrogens is 670 g/mol. The maximum absolute atomic E-state index is 14.5. The zero-order valence-electron chi connectivity index (χ0n) is 28.4. The van der Waals surface area contributed by atoms with Gasteiger partial charge < -0.3 is 14.5 Å². The number of allylic oxidation sites excluding steroid dienone is 2. The van der Waals surface area contributed by atoms with Crippen LogP contribution in [0, 0.1) is 17.3 Å². The lowest BCUT2D eigenvalue weighted by molar-refractivity contribution is -0.159. The van der Waals surface area contributed by atoms with E-state index in [1.807, 2.05) is 24.3 Å². The van der Waals surface area contributed by atoms with Crippen molar-refractivity contribution in [3.05, 3.63) is 47.0 Å². The summed E-state index contributed by atoms with van der Waals surface area (Å²) in [6, 6.07) is 6.26. The third-order valence-electron chi connectivity index (χ3n) is 10.3. The second-order valence-electron chi connectivity index (χ2n) is 15.5. The minimum absolute atomic E-state index is 0.0687. The number of amides is 2. The molecule has 5 atom stereocenters. The maximum Gasteiger partial charge on any atom is 0.307 e. The highest BCUT2D eigenvalue weighted by molar-refractivity contribution is 7.90. The number of oxime groups is 1. The molecule has 5 aliphatic rings. The molecule has 1 aromatic carbocycles. The number of carbonyl (C=O) groups excluding carboxylic acids is 4. The Bertz CT molecular complexity index is 1680. The van der Waals surface area contributed by atoms with Crippen molar-refractivity contribution in [2.75, 3.05) is 6.54 Å². The number of sulfonamides is 1. The number of carbonyl (C=O) groups is 4. The van der Waals surface area contributed by atoms with Crippen LogP contribution in [-0.4, -0.2) is 71.6 Å². The third-order valence-corrected chi connectivity index (χ3v) is 12.4. The molecule has 1 saturated heterocycles.